The lowest BCUT2D eigenvalue weighted by Crippen LogP contribution is -2.44. The van der Waals surface area contributed by atoms with Crippen molar-refractivity contribution in [1.82, 2.24) is 10.2 Å². The number of hydrogen-bond acceptors (Lipinski definition) is 4. The van der Waals surface area contributed by atoms with Gasteiger partial charge in [-0.05, 0) is 31.9 Å². The molecule has 0 aliphatic carbocycles. The van der Waals surface area contributed by atoms with Gasteiger partial charge in [0.1, 0.15) is 0 Å². The van der Waals surface area contributed by atoms with E-state index in [0.29, 0.717) is 32.5 Å². The van der Waals surface area contributed by atoms with Gasteiger partial charge in [0, 0.05) is 25.3 Å². The maximum atomic E-state index is 12.2. The SMILES string of the molecule is C=CCNC(=O)[C@@H](C)OC(=O)C1CCN(C(=O)Nc2ccccc2)CC1. The number of amides is 3. The van der Waals surface area contributed by atoms with Crippen molar-refractivity contribution in [3.8, 4) is 0 Å². The summed E-state index contributed by atoms with van der Waals surface area (Å²) in [5, 5.41) is 5.42. The van der Waals surface area contributed by atoms with E-state index >= 15 is 0 Å². The molecule has 7 nitrogen and oxygen atoms in total. The minimum Gasteiger partial charge on any atom is -0.452 e. The second kappa shape index (κ2) is 9.60. The highest BCUT2D eigenvalue weighted by Crippen LogP contribution is 2.20. The molecule has 1 heterocycles. The summed E-state index contributed by atoms with van der Waals surface area (Å²) in [4.78, 5) is 37.9. The summed E-state index contributed by atoms with van der Waals surface area (Å²) in [5.74, 6) is -1.04. The molecule has 1 aliphatic rings. The lowest BCUT2D eigenvalue weighted by Gasteiger charge is -2.31. The zero-order valence-electron chi connectivity index (χ0n) is 14.9. The van der Waals surface area contributed by atoms with Crippen LogP contribution in [0.1, 0.15) is 19.8 Å². The van der Waals surface area contributed by atoms with Gasteiger partial charge in [0.05, 0.1) is 5.92 Å². The van der Waals surface area contributed by atoms with Gasteiger partial charge in [-0.15, -0.1) is 6.58 Å². The summed E-state index contributed by atoms with van der Waals surface area (Å²) in [6.45, 7) is 6.32. The van der Waals surface area contributed by atoms with Crippen LogP contribution in [0.25, 0.3) is 0 Å². The van der Waals surface area contributed by atoms with Crippen LogP contribution in [-0.2, 0) is 14.3 Å². The Kier molecular flexibility index (Phi) is 7.20. The Morgan fingerprint density at radius 2 is 1.92 bits per heavy atom. The lowest BCUT2D eigenvalue weighted by atomic mass is 9.97. The Morgan fingerprint density at radius 3 is 2.54 bits per heavy atom. The Labute approximate surface area is 153 Å². The average Bonchev–Trinajstić information content (AvgIpc) is 2.66. The van der Waals surface area contributed by atoms with E-state index in [1.807, 2.05) is 30.3 Å². The van der Waals surface area contributed by atoms with Crippen LogP contribution in [0.4, 0.5) is 10.5 Å². The molecule has 1 aromatic carbocycles. The maximum absolute atomic E-state index is 12.2. The van der Waals surface area contributed by atoms with Gasteiger partial charge in [-0.2, -0.15) is 0 Å². The number of ether oxygens (including phenoxy) is 1. The van der Waals surface area contributed by atoms with Gasteiger partial charge in [0.2, 0.25) is 0 Å². The Hall–Kier alpha value is -2.83. The molecule has 0 spiro atoms. The molecule has 2 rings (SSSR count). The van der Waals surface area contributed by atoms with Gasteiger partial charge in [-0.25, -0.2) is 4.79 Å². The number of carbonyl (C=O) groups is 3. The second-order valence-corrected chi connectivity index (χ2v) is 6.17. The molecule has 7 heteroatoms. The predicted molar refractivity (Wildman–Crippen MR) is 98.5 cm³/mol. The first kappa shape index (κ1) is 19.5. The zero-order chi connectivity index (χ0) is 18.9. The highest BCUT2D eigenvalue weighted by atomic mass is 16.5. The van der Waals surface area contributed by atoms with Gasteiger partial charge < -0.3 is 20.3 Å². The Morgan fingerprint density at radius 1 is 1.27 bits per heavy atom. The summed E-state index contributed by atoms with van der Waals surface area (Å²) < 4.78 is 5.24. The van der Waals surface area contributed by atoms with Crippen LogP contribution in [0.5, 0.6) is 0 Å². The van der Waals surface area contributed by atoms with Gasteiger partial charge in [0.25, 0.3) is 5.91 Å². The number of likely N-dealkylation sites (tertiary alicyclic amines) is 1. The van der Waals surface area contributed by atoms with Crippen LogP contribution in [-0.4, -0.2) is 48.5 Å². The fourth-order valence-electron chi connectivity index (χ4n) is 2.68. The van der Waals surface area contributed by atoms with Crippen molar-refractivity contribution in [1.29, 1.82) is 0 Å². The molecule has 0 bridgehead atoms. The summed E-state index contributed by atoms with van der Waals surface area (Å²) in [6, 6.07) is 9.04. The van der Waals surface area contributed by atoms with E-state index in [9.17, 15) is 14.4 Å². The smallest absolute Gasteiger partial charge is 0.321 e. The molecule has 140 valence electrons. The largest absolute Gasteiger partial charge is 0.452 e. The first-order valence-corrected chi connectivity index (χ1v) is 8.71. The molecule has 3 amide bonds. The molecule has 1 saturated heterocycles. The van der Waals surface area contributed by atoms with Gasteiger partial charge in [-0.3, -0.25) is 9.59 Å². The second-order valence-electron chi connectivity index (χ2n) is 6.17. The first-order chi connectivity index (χ1) is 12.5. The van der Waals surface area contributed by atoms with E-state index in [1.165, 1.54) is 0 Å². The number of carbonyl (C=O) groups excluding carboxylic acids is 3. The molecule has 1 aliphatic heterocycles. The Bertz CT molecular complexity index is 639. The quantitative estimate of drug-likeness (QED) is 0.602. The van der Waals surface area contributed by atoms with E-state index in [-0.39, 0.29) is 17.9 Å². The highest BCUT2D eigenvalue weighted by molar-refractivity contribution is 5.89. The van der Waals surface area contributed by atoms with Crippen molar-refractivity contribution in [3.05, 3.63) is 43.0 Å². The number of nitrogens with zero attached hydrogens (tertiary/aromatic N) is 1. The number of nitrogens with one attached hydrogen (secondary N) is 2. The third-order valence-electron chi connectivity index (χ3n) is 4.22. The van der Waals surface area contributed by atoms with Crippen molar-refractivity contribution < 1.29 is 19.1 Å². The average molecular weight is 359 g/mol. The van der Waals surface area contributed by atoms with Crippen LogP contribution in [0.15, 0.2) is 43.0 Å². The molecular weight excluding hydrogens is 334 g/mol. The monoisotopic (exact) mass is 359 g/mol. The van der Waals surface area contributed by atoms with E-state index in [1.54, 1.807) is 17.9 Å². The van der Waals surface area contributed by atoms with Crippen LogP contribution in [0.3, 0.4) is 0 Å². The first-order valence-electron chi connectivity index (χ1n) is 8.71. The summed E-state index contributed by atoms with van der Waals surface area (Å²) in [6.07, 6.45) is 1.74. The van der Waals surface area contributed by atoms with Crippen molar-refractivity contribution in [2.45, 2.75) is 25.9 Å². The van der Waals surface area contributed by atoms with Gasteiger partial charge in [-0.1, -0.05) is 24.3 Å². The summed E-state index contributed by atoms with van der Waals surface area (Å²) in [7, 11) is 0. The third kappa shape index (κ3) is 5.61. The molecule has 0 saturated carbocycles. The fraction of sp³-hybridized carbons (Fsp3) is 0.421. The number of urea groups is 1. The van der Waals surface area contributed by atoms with Crippen molar-refractivity contribution >= 4 is 23.6 Å². The fourth-order valence-corrected chi connectivity index (χ4v) is 2.68. The predicted octanol–water partition coefficient (Wildman–Crippen LogP) is 2.16. The zero-order valence-corrected chi connectivity index (χ0v) is 14.9. The topological polar surface area (TPSA) is 87.7 Å². The minimum absolute atomic E-state index is 0.180. The van der Waals surface area contributed by atoms with E-state index in [0.717, 1.165) is 5.69 Å². The number of anilines is 1. The number of piperidine rings is 1. The lowest BCUT2D eigenvalue weighted by molar-refractivity contribution is -0.159. The molecule has 1 fully saturated rings. The molecule has 2 N–H and O–H groups in total. The molecule has 0 unspecified atom stereocenters. The number of esters is 1. The summed E-state index contributed by atoms with van der Waals surface area (Å²) >= 11 is 0. The van der Waals surface area contributed by atoms with Crippen molar-refractivity contribution in [2.75, 3.05) is 25.0 Å². The number of rotatable bonds is 6. The van der Waals surface area contributed by atoms with Crippen LogP contribution < -0.4 is 10.6 Å². The van der Waals surface area contributed by atoms with Gasteiger partial charge in [0.15, 0.2) is 6.10 Å². The molecule has 1 atom stereocenters. The van der Waals surface area contributed by atoms with E-state index in [4.69, 9.17) is 4.74 Å². The van der Waals surface area contributed by atoms with E-state index in [2.05, 4.69) is 17.2 Å². The normalized spacial score (nSPS) is 15.7. The minimum atomic E-state index is -0.846. The van der Waals surface area contributed by atoms with E-state index < -0.39 is 12.1 Å². The standard InChI is InChI=1S/C19H25N3O4/c1-3-11-20-17(23)14(2)26-18(24)15-9-12-22(13-10-15)19(25)21-16-7-5-4-6-8-16/h3-8,14-15H,1,9-13H2,2H3,(H,20,23)(H,21,25)/t14-/m1/s1. The van der Waals surface area contributed by atoms with Crippen LogP contribution in [0, 0.1) is 5.92 Å². The van der Waals surface area contributed by atoms with Crippen LogP contribution >= 0.6 is 0 Å². The molecule has 26 heavy (non-hydrogen) atoms. The molecule has 0 radical (unpaired) electrons. The van der Waals surface area contributed by atoms with Crippen molar-refractivity contribution in [2.24, 2.45) is 5.92 Å². The third-order valence-corrected chi connectivity index (χ3v) is 4.22. The summed E-state index contributed by atoms with van der Waals surface area (Å²) in [5.41, 5.74) is 0.735. The highest BCUT2D eigenvalue weighted by Gasteiger charge is 2.30. The molecule has 1 aromatic rings. The number of benzene rings is 1. The Balaban J connectivity index is 1.76. The maximum Gasteiger partial charge on any atom is 0.321 e. The molecule has 0 aromatic heterocycles. The number of para-hydroxylation sites is 1. The van der Waals surface area contributed by atoms with Crippen molar-refractivity contribution in [3.63, 3.8) is 0 Å². The van der Waals surface area contributed by atoms with Gasteiger partial charge >= 0.3 is 12.0 Å². The molecular formula is C19H25N3O4. The number of hydrogen-bond donors (Lipinski definition) is 2. The van der Waals surface area contributed by atoms with Crippen LogP contribution in [0.2, 0.25) is 0 Å².